The van der Waals surface area contributed by atoms with Gasteiger partial charge in [0.05, 0.1) is 24.5 Å². The summed E-state index contributed by atoms with van der Waals surface area (Å²) in [7, 11) is 3.24. The summed E-state index contributed by atoms with van der Waals surface area (Å²) in [6, 6.07) is 5.76. The summed E-state index contributed by atoms with van der Waals surface area (Å²) in [6.07, 6.45) is 3.94. The van der Waals surface area contributed by atoms with Crippen molar-refractivity contribution >= 4 is 33.3 Å². The minimum absolute atomic E-state index is 0.0298. The molecule has 2 heterocycles. The second kappa shape index (κ2) is 8.24. The number of hydrogen-bond acceptors (Lipinski definition) is 7. The average Bonchev–Trinajstić information content (AvgIpc) is 3.52. The first-order valence-corrected chi connectivity index (χ1v) is 10.4. The number of carbonyl (C=O) groups excluding carboxylic acids is 1. The van der Waals surface area contributed by atoms with E-state index in [9.17, 15) is 4.79 Å². The van der Waals surface area contributed by atoms with Crippen molar-refractivity contribution in [2.45, 2.75) is 26.3 Å². The lowest BCUT2D eigenvalue weighted by molar-refractivity contribution is 0.0955. The van der Waals surface area contributed by atoms with E-state index in [2.05, 4.69) is 20.6 Å². The first-order chi connectivity index (χ1) is 14.1. The Morgan fingerprint density at radius 1 is 1.24 bits per heavy atom. The molecule has 4 rings (SSSR count). The highest BCUT2D eigenvalue weighted by Gasteiger charge is 2.24. The van der Waals surface area contributed by atoms with Gasteiger partial charge in [-0.25, -0.2) is 9.97 Å². The minimum atomic E-state index is -0.0298. The van der Waals surface area contributed by atoms with Crippen molar-refractivity contribution in [1.29, 1.82) is 0 Å². The van der Waals surface area contributed by atoms with Crippen LogP contribution in [0.4, 0.5) is 5.82 Å². The normalized spacial score (nSPS) is 13.3. The van der Waals surface area contributed by atoms with Crippen LogP contribution >= 0.6 is 11.3 Å². The van der Waals surface area contributed by atoms with E-state index in [0.717, 1.165) is 27.9 Å². The molecular weight excluding hydrogens is 388 g/mol. The molecule has 0 bridgehead atoms. The van der Waals surface area contributed by atoms with Crippen LogP contribution in [-0.4, -0.2) is 36.6 Å². The van der Waals surface area contributed by atoms with Gasteiger partial charge in [-0.15, -0.1) is 11.3 Å². The molecule has 0 saturated heterocycles. The maximum atomic E-state index is 12.6. The van der Waals surface area contributed by atoms with Crippen molar-refractivity contribution in [3.63, 3.8) is 0 Å². The lowest BCUT2D eigenvalue weighted by atomic mass is 10.1. The van der Waals surface area contributed by atoms with E-state index >= 15 is 0 Å². The molecule has 2 aromatic heterocycles. The SMILES string of the molecule is COc1cccc(CNc2ncnc3sc(C(=O)NCC4CC4)c(C)c23)c1OC. The number of aromatic nitrogens is 2. The Hall–Kier alpha value is -2.87. The number of carbonyl (C=O) groups is 1. The van der Waals surface area contributed by atoms with Crippen LogP contribution in [-0.2, 0) is 6.54 Å². The number of nitrogens with one attached hydrogen (secondary N) is 2. The number of aryl methyl sites for hydroxylation is 1. The molecule has 2 N–H and O–H groups in total. The molecular formula is C21H24N4O3S. The topological polar surface area (TPSA) is 85.4 Å². The van der Waals surface area contributed by atoms with Crippen molar-refractivity contribution in [1.82, 2.24) is 15.3 Å². The molecule has 1 aliphatic carbocycles. The van der Waals surface area contributed by atoms with Gasteiger partial charge < -0.3 is 20.1 Å². The quantitative estimate of drug-likeness (QED) is 0.586. The smallest absolute Gasteiger partial charge is 0.261 e. The van der Waals surface area contributed by atoms with E-state index in [1.807, 2.05) is 25.1 Å². The number of para-hydroxylation sites is 1. The third-order valence-corrected chi connectivity index (χ3v) is 6.31. The Balaban J connectivity index is 1.59. The fraction of sp³-hybridized carbons (Fsp3) is 0.381. The van der Waals surface area contributed by atoms with Crippen LogP contribution in [0.2, 0.25) is 0 Å². The third-order valence-electron chi connectivity index (χ3n) is 5.11. The molecule has 0 atom stereocenters. The van der Waals surface area contributed by atoms with Gasteiger partial charge in [0.2, 0.25) is 0 Å². The van der Waals surface area contributed by atoms with E-state index in [1.165, 1.54) is 30.5 Å². The van der Waals surface area contributed by atoms with Gasteiger partial charge in [0, 0.05) is 18.7 Å². The number of amides is 1. The second-order valence-electron chi connectivity index (χ2n) is 7.12. The zero-order chi connectivity index (χ0) is 20.4. The van der Waals surface area contributed by atoms with Crippen LogP contribution in [0, 0.1) is 12.8 Å². The van der Waals surface area contributed by atoms with Crippen molar-refractivity contribution in [2.75, 3.05) is 26.1 Å². The number of benzene rings is 1. The van der Waals surface area contributed by atoms with E-state index in [-0.39, 0.29) is 5.91 Å². The Morgan fingerprint density at radius 2 is 2.07 bits per heavy atom. The van der Waals surface area contributed by atoms with Crippen molar-refractivity contribution in [3.05, 3.63) is 40.5 Å². The van der Waals surface area contributed by atoms with Crippen LogP contribution in [0.25, 0.3) is 10.2 Å². The van der Waals surface area contributed by atoms with Crippen LogP contribution in [0.3, 0.4) is 0 Å². The summed E-state index contributed by atoms with van der Waals surface area (Å²) in [5.74, 6) is 2.69. The van der Waals surface area contributed by atoms with Gasteiger partial charge in [0.15, 0.2) is 11.5 Å². The molecule has 8 heteroatoms. The Morgan fingerprint density at radius 3 is 2.79 bits per heavy atom. The molecule has 1 aromatic carbocycles. The van der Waals surface area contributed by atoms with E-state index in [1.54, 1.807) is 14.2 Å². The van der Waals surface area contributed by atoms with Crippen LogP contribution in [0.1, 0.15) is 33.6 Å². The maximum absolute atomic E-state index is 12.6. The monoisotopic (exact) mass is 412 g/mol. The molecule has 0 aliphatic heterocycles. The number of anilines is 1. The number of ether oxygens (including phenoxy) is 2. The molecule has 152 valence electrons. The third kappa shape index (κ3) is 3.98. The second-order valence-corrected chi connectivity index (χ2v) is 8.12. The van der Waals surface area contributed by atoms with Crippen molar-refractivity contribution < 1.29 is 14.3 Å². The maximum Gasteiger partial charge on any atom is 0.261 e. The predicted molar refractivity (Wildman–Crippen MR) is 114 cm³/mol. The number of fused-ring (bicyclic) bond motifs is 1. The van der Waals surface area contributed by atoms with E-state index in [4.69, 9.17) is 9.47 Å². The molecule has 1 amide bonds. The molecule has 0 unspecified atom stereocenters. The summed E-state index contributed by atoms with van der Waals surface area (Å²) in [4.78, 5) is 22.9. The largest absolute Gasteiger partial charge is 0.493 e. The van der Waals surface area contributed by atoms with Gasteiger partial charge in [-0.1, -0.05) is 12.1 Å². The van der Waals surface area contributed by atoms with Crippen LogP contribution < -0.4 is 20.1 Å². The molecule has 1 fully saturated rings. The molecule has 1 saturated carbocycles. The fourth-order valence-electron chi connectivity index (χ4n) is 3.33. The lowest BCUT2D eigenvalue weighted by Crippen LogP contribution is -2.25. The zero-order valence-corrected chi connectivity index (χ0v) is 17.6. The van der Waals surface area contributed by atoms with E-state index < -0.39 is 0 Å². The zero-order valence-electron chi connectivity index (χ0n) is 16.7. The van der Waals surface area contributed by atoms with Crippen molar-refractivity contribution in [3.8, 4) is 11.5 Å². The standard InChI is InChI=1S/C21H24N4O3S/c1-12-16-19(22-10-14-5-4-6-15(27-2)17(14)28-3)24-11-25-21(16)29-18(12)20(26)23-9-13-7-8-13/h4-6,11,13H,7-10H2,1-3H3,(H,23,26)(H,22,24,25). The predicted octanol–water partition coefficient (Wildman–Crippen LogP) is 3.77. The molecule has 7 nitrogen and oxygen atoms in total. The summed E-state index contributed by atoms with van der Waals surface area (Å²) < 4.78 is 10.9. The average molecular weight is 413 g/mol. The first-order valence-electron chi connectivity index (χ1n) is 9.58. The summed E-state index contributed by atoms with van der Waals surface area (Å²) >= 11 is 1.41. The Bertz CT molecular complexity index is 1050. The van der Waals surface area contributed by atoms with Crippen LogP contribution in [0.15, 0.2) is 24.5 Å². The van der Waals surface area contributed by atoms with Gasteiger partial charge >= 0.3 is 0 Å². The summed E-state index contributed by atoms with van der Waals surface area (Å²) in [6.45, 7) is 3.20. The number of hydrogen-bond donors (Lipinski definition) is 2. The Labute approximate surface area is 173 Å². The van der Waals surface area contributed by atoms with Gasteiger partial charge in [-0.3, -0.25) is 4.79 Å². The van der Waals surface area contributed by atoms with Crippen molar-refractivity contribution in [2.24, 2.45) is 5.92 Å². The number of nitrogens with zero attached hydrogens (tertiary/aromatic N) is 2. The highest BCUT2D eigenvalue weighted by molar-refractivity contribution is 7.20. The molecule has 1 aliphatic rings. The number of methoxy groups -OCH3 is 2. The highest BCUT2D eigenvalue weighted by atomic mass is 32.1. The first kappa shape index (κ1) is 19.4. The highest BCUT2D eigenvalue weighted by Crippen LogP contribution is 2.35. The molecule has 0 radical (unpaired) electrons. The number of rotatable bonds is 8. The van der Waals surface area contributed by atoms with Gasteiger partial charge in [0.1, 0.15) is 17.0 Å². The van der Waals surface area contributed by atoms with Crippen LogP contribution in [0.5, 0.6) is 11.5 Å². The van der Waals surface area contributed by atoms with Gasteiger partial charge in [-0.2, -0.15) is 0 Å². The molecule has 29 heavy (non-hydrogen) atoms. The minimum Gasteiger partial charge on any atom is -0.493 e. The van der Waals surface area contributed by atoms with E-state index in [0.29, 0.717) is 34.7 Å². The lowest BCUT2D eigenvalue weighted by Gasteiger charge is -2.13. The summed E-state index contributed by atoms with van der Waals surface area (Å²) in [5, 5.41) is 7.30. The molecule has 3 aromatic rings. The molecule has 0 spiro atoms. The summed E-state index contributed by atoms with van der Waals surface area (Å²) in [5.41, 5.74) is 1.85. The van der Waals surface area contributed by atoms with Gasteiger partial charge in [-0.05, 0) is 37.3 Å². The number of thiophene rings is 1. The van der Waals surface area contributed by atoms with Gasteiger partial charge in [0.25, 0.3) is 5.91 Å². The fourth-order valence-corrected chi connectivity index (χ4v) is 4.40. The Kier molecular flexibility index (Phi) is 5.53.